The van der Waals surface area contributed by atoms with Gasteiger partial charge in [0, 0.05) is 24.2 Å². The van der Waals surface area contributed by atoms with Crippen LogP contribution in [0.5, 0.6) is 5.75 Å². The number of carbonyl (C=O) groups is 1. The number of benzene rings is 1. The van der Waals surface area contributed by atoms with Gasteiger partial charge < -0.3 is 15.8 Å². The fourth-order valence-electron chi connectivity index (χ4n) is 1.34. The SMILES string of the molecule is CCC(N)CC(=O)Nc1ccc(OC)c(F)c1. The number of hydrogen-bond donors (Lipinski definition) is 2. The Morgan fingerprint density at radius 1 is 1.59 bits per heavy atom. The van der Waals surface area contributed by atoms with Crippen LogP contribution in [0.15, 0.2) is 18.2 Å². The molecule has 0 aromatic heterocycles. The van der Waals surface area contributed by atoms with Crippen molar-refractivity contribution in [3.05, 3.63) is 24.0 Å². The van der Waals surface area contributed by atoms with Crippen molar-refractivity contribution >= 4 is 11.6 Å². The number of anilines is 1. The second-order valence-corrected chi connectivity index (χ2v) is 3.77. The second kappa shape index (κ2) is 6.20. The smallest absolute Gasteiger partial charge is 0.225 e. The number of carbonyl (C=O) groups excluding carboxylic acids is 1. The molecule has 0 spiro atoms. The van der Waals surface area contributed by atoms with E-state index in [4.69, 9.17) is 10.5 Å². The van der Waals surface area contributed by atoms with Crippen LogP contribution in [-0.2, 0) is 4.79 Å². The molecule has 5 heteroatoms. The molecule has 3 N–H and O–H groups in total. The molecule has 0 aliphatic heterocycles. The van der Waals surface area contributed by atoms with Crippen LogP contribution in [0.25, 0.3) is 0 Å². The van der Waals surface area contributed by atoms with Crippen LogP contribution < -0.4 is 15.8 Å². The largest absolute Gasteiger partial charge is 0.494 e. The van der Waals surface area contributed by atoms with E-state index in [1.165, 1.54) is 19.2 Å². The highest BCUT2D eigenvalue weighted by Crippen LogP contribution is 2.20. The molecule has 4 nitrogen and oxygen atoms in total. The monoisotopic (exact) mass is 240 g/mol. The Bertz CT molecular complexity index is 396. The Hall–Kier alpha value is -1.62. The first kappa shape index (κ1) is 13.4. The van der Waals surface area contributed by atoms with Crippen molar-refractivity contribution in [2.45, 2.75) is 25.8 Å². The Morgan fingerprint density at radius 2 is 2.29 bits per heavy atom. The molecule has 0 saturated carbocycles. The van der Waals surface area contributed by atoms with E-state index in [9.17, 15) is 9.18 Å². The normalized spacial score (nSPS) is 12.0. The lowest BCUT2D eigenvalue weighted by atomic mass is 10.1. The van der Waals surface area contributed by atoms with Crippen LogP contribution in [0.2, 0.25) is 0 Å². The number of halogens is 1. The van der Waals surface area contributed by atoms with Gasteiger partial charge in [-0.2, -0.15) is 0 Å². The summed E-state index contributed by atoms with van der Waals surface area (Å²) in [6.07, 6.45) is 0.953. The molecule has 0 aliphatic carbocycles. The first-order valence-electron chi connectivity index (χ1n) is 5.45. The number of methoxy groups -OCH3 is 1. The zero-order valence-electron chi connectivity index (χ0n) is 10.00. The molecule has 0 radical (unpaired) electrons. The van der Waals surface area contributed by atoms with Gasteiger partial charge in [0.2, 0.25) is 5.91 Å². The van der Waals surface area contributed by atoms with Gasteiger partial charge in [-0.1, -0.05) is 6.92 Å². The minimum Gasteiger partial charge on any atom is -0.494 e. The summed E-state index contributed by atoms with van der Waals surface area (Å²) < 4.78 is 18.1. The zero-order chi connectivity index (χ0) is 12.8. The van der Waals surface area contributed by atoms with E-state index in [1.54, 1.807) is 6.07 Å². The highest BCUT2D eigenvalue weighted by atomic mass is 19.1. The fraction of sp³-hybridized carbons (Fsp3) is 0.417. The van der Waals surface area contributed by atoms with Crippen LogP contribution in [0, 0.1) is 5.82 Å². The van der Waals surface area contributed by atoms with Crippen molar-refractivity contribution in [1.29, 1.82) is 0 Å². The van der Waals surface area contributed by atoms with E-state index in [0.29, 0.717) is 5.69 Å². The maximum atomic E-state index is 13.3. The van der Waals surface area contributed by atoms with Crippen LogP contribution in [-0.4, -0.2) is 19.1 Å². The van der Waals surface area contributed by atoms with Gasteiger partial charge in [0.1, 0.15) is 0 Å². The first-order valence-corrected chi connectivity index (χ1v) is 5.45. The minimum absolute atomic E-state index is 0.147. The van der Waals surface area contributed by atoms with E-state index in [0.717, 1.165) is 6.42 Å². The lowest BCUT2D eigenvalue weighted by Crippen LogP contribution is -2.26. The predicted octanol–water partition coefficient (Wildman–Crippen LogP) is 1.90. The summed E-state index contributed by atoms with van der Waals surface area (Å²) in [6.45, 7) is 1.91. The van der Waals surface area contributed by atoms with Gasteiger partial charge in [0.25, 0.3) is 0 Å². The van der Waals surface area contributed by atoms with Crippen molar-refractivity contribution in [2.75, 3.05) is 12.4 Å². The molecule has 1 atom stereocenters. The number of nitrogens with two attached hydrogens (primary N) is 1. The molecule has 1 aromatic carbocycles. The topological polar surface area (TPSA) is 64.4 Å². The molecule has 94 valence electrons. The van der Waals surface area contributed by atoms with Gasteiger partial charge in [0.05, 0.1) is 7.11 Å². The van der Waals surface area contributed by atoms with Gasteiger partial charge >= 0.3 is 0 Å². The Kier molecular flexibility index (Phi) is 4.90. The molecular weight excluding hydrogens is 223 g/mol. The summed E-state index contributed by atoms with van der Waals surface area (Å²) in [5.41, 5.74) is 6.05. The molecule has 0 fully saturated rings. The third-order valence-corrected chi connectivity index (χ3v) is 2.41. The average Bonchev–Trinajstić information content (AvgIpc) is 2.29. The summed E-state index contributed by atoms with van der Waals surface area (Å²) in [4.78, 5) is 11.5. The number of ether oxygens (including phenoxy) is 1. The maximum Gasteiger partial charge on any atom is 0.225 e. The molecular formula is C12H17FN2O2. The molecule has 0 aliphatic rings. The minimum atomic E-state index is -0.509. The summed E-state index contributed by atoms with van der Waals surface area (Å²) in [6, 6.07) is 4.09. The lowest BCUT2D eigenvalue weighted by molar-refractivity contribution is -0.116. The molecule has 0 bridgehead atoms. The maximum absolute atomic E-state index is 13.3. The predicted molar refractivity (Wildman–Crippen MR) is 64.5 cm³/mol. The van der Waals surface area contributed by atoms with Gasteiger partial charge in [-0.15, -0.1) is 0 Å². The molecule has 1 rings (SSSR count). The molecule has 17 heavy (non-hydrogen) atoms. The van der Waals surface area contributed by atoms with E-state index in [1.807, 2.05) is 6.92 Å². The van der Waals surface area contributed by atoms with E-state index in [2.05, 4.69) is 5.32 Å². The van der Waals surface area contributed by atoms with Gasteiger partial charge in [-0.05, 0) is 18.6 Å². The van der Waals surface area contributed by atoms with Crippen molar-refractivity contribution in [1.82, 2.24) is 0 Å². The molecule has 0 saturated heterocycles. The highest BCUT2D eigenvalue weighted by Gasteiger charge is 2.09. The lowest BCUT2D eigenvalue weighted by Gasteiger charge is -2.10. The summed E-state index contributed by atoms with van der Waals surface area (Å²) in [5, 5.41) is 2.58. The zero-order valence-corrected chi connectivity index (χ0v) is 10.00. The van der Waals surface area contributed by atoms with Gasteiger partial charge in [-0.3, -0.25) is 4.79 Å². The molecule has 1 unspecified atom stereocenters. The Morgan fingerprint density at radius 3 is 2.82 bits per heavy atom. The van der Waals surface area contributed by atoms with Crippen molar-refractivity contribution in [3.8, 4) is 5.75 Å². The fourth-order valence-corrected chi connectivity index (χ4v) is 1.34. The highest BCUT2D eigenvalue weighted by molar-refractivity contribution is 5.91. The third kappa shape index (κ3) is 4.03. The average molecular weight is 240 g/mol. The summed E-state index contributed by atoms with van der Waals surface area (Å²) in [5.74, 6) is -0.581. The quantitative estimate of drug-likeness (QED) is 0.826. The number of amides is 1. The van der Waals surface area contributed by atoms with Crippen LogP contribution in [0.4, 0.5) is 10.1 Å². The van der Waals surface area contributed by atoms with Gasteiger partial charge in [0.15, 0.2) is 11.6 Å². The number of nitrogens with one attached hydrogen (secondary N) is 1. The van der Waals surface area contributed by atoms with Crippen molar-refractivity contribution in [2.24, 2.45) is 5.73 Å². The molecule has 1 amide bonds. The standard InChI is InChI=1S/C12H17FN2O2/c1-3-8(14)6-12(16)15-9-4-5-11(17-2)10(13)7-9/h4-5,7-8H,3,6,14H2,1-2H3,(H,15,16). The van der Waals surface area contributed by atoms with Crippen LogP contribution in [0.1, 0.15) is 19.8 Å². The Labute approximate surface area is 100.0 Å². The summed E-state index contributed by atoms with van der Waals surface area (Å²) in [7, 11) is 1.39. The molecule has 1 aromatic rings. The third-order valence-electron chi connectivity index (χ3n) is 2.41. The van der Waals surface area contributed by atoms with Gasteiger partial charge in [-0.25, -0.2) is 4.39 Å². The van der Waals surface area contributed by atoms with E-state index >= 15 is 0 Å². The van der Waals surface area contributed by atoms with E-state index in [-0.39, 0.29) is 24.1 Å². The van der Waals surface area contributed by atoms with Crippen LogP contribution in [0.3, 0.4) is 0 Å². The number of hydrogen-bond acceptors (Lipinski definition) is 3. The van der Waals surface area contributed by atoms with Crippen molar-refractivity contribution in [3.63, 3.8) is 0 Å². The summed E-state index contributed by atoms with van der Waals surface area (Å²) >= 11 is 0. The first-order chi connectivity index (χ1) is 8.06. The number of rotatable bonds is 5. The Balaban J connectivity index is 2.63. The second-order valence-electron chi connectivity index (χ2n) is 3.77. The van der Waals surface area contributed by atoms with Crippen LogP contribution >= 0.6 is 0 Å². The van der Waals surface area contributed by atoms with Crippen molar-refractivity contribution < 1.29 is 13.9 Å². The molecule has 0 heterocycles. The van der Waals surface area contributed by atoms with E-state index < -0.39 is 5.82 Å².